The predicted molar refractivity (Wildman–Crippen MR) is 65.4 cm³/mol. The highest BCUT2D eigenvalue weighted by Gasteiger charge is 2.18. The van der Waals surface area contributed by atoms with Crippen LogP contribution in [0.25, 0.3) is 0 Å². The SMILES string of the molecule is C=CCSCCNC(=O)c1nc[nH]c1C(=O)O. The second-order valence-electron chi connectivity index (χ2n) is 3.05. The Morgan fingerprint density at radius 3 is 3.06 bits per heavy atom. The number of H-pyrrole nitrogens is 1. The average Bonchev–Trinajstić information content (AvgIpc) is 2.77. The monoisotopic (exact) mass is 255 g/mol. The van der Waals surface area contributed by atoms with Gasteiger partial charge in [-0.25, -0.2) is 9.78 Å². The molecule has 3 N–H and O–H groups in total. The molecular weight excluding hydrogens is 242 g/mol. The van der Waals surface area contributed by atoms with E-state index in [-0.39, 0.29) is 11.4 Å². The Morgan fingerprint density at radius 2 is 2.41 bits per heavy atom. The predicted octanol–water partition coefficient (Wildman–Crippen LogP) is 0.757. The van der Waals surface area contributed by atoms with E-state index in [9.17, 15) is 9.59 Å². The summed E-state index contributed by atoms with van der Waals surface area (Å²) >= 11 is 1.63. The molecule has 1 heterocycles. The molecule has 0 atom stereocenters. The van der Waals surface area contributed by atoms with Crippen molar-refractivity contribution in [3.63, 3.8) is 0 Å². The minimum Gasteiger partial charge on any atom is -0.477 e. The van der Waals surface area contributed by atoms with Gasteiger partial charge in [-0.2, -0.15) is 11.8 Å². The number of rotatable bonds is 7. The Morgan fingerprint density at radius 1 is 1.65 bits per heavy atom. The van der Waals surface area contributed by atoms with Gasteiger partial charge in [0.25, 0.3) is 5.91 Å². The average molecular weight is 255 g/mol. The van der Waals surface area contributed by atoms with Gasteiger partial charge < -0.3 is 15.4 Å². The van der Waals surface area contributed by atoms with Gasteiger partial charge in [0.1, 0.15) is 0 Å². The van der Waals surface area contributed by atoms with E-state index >= 15 is 0 Å². The van der Waals surface area contributed by atoms with Gasteiger partial charge in [0.15, 0.2) is 11.4 Å². The minimum absolute atomic E-state index is 0.0915. The summed E-state index contributed by atoms with van der Waals surface area (Å²) < 4.78 is 0. The number of hydrogen-bond acceptors (Lipinski definition) is 4. The van der Waals surface area contributed by atoms with Crippen LogP contribution in [0.5, 0.6) is 0 Å². The van der Waals surface area contributed by atoms with Crippen molar-refractivity contribution in [2.75, 3.05) is 18.1 Å². The molecule has 0 saturated carbocycles. The topological polar surface area (TPSA) is 95.1 Å². The summed E-state index contributed by atoms with van der Waals surface area (Å²) in [4.78, 5) is 28.4. The second kappa shape index (κ2) is 6.74. The van der Waals surface area contributed by atoms with Crippen molar-refractivity contribution < 1.29 is 14.7 Å². The zero-order valence-corrected chi connectivity index (χ0v) is 9.92. The van der Waals surface area contributed by atoms with E-state index in [1.807, 2.05) is 0 Å². The van der Waals surface area contributed by atoms with E-state index in [2.05, 4.69) is 21.9 Å². The highest BCUT2D eigenvalue weighted by molar-refractivity contribution is 7.99. The number of thioether (sulfide) groups is 1. The van der Waals surface area contributed by atoms with Gasteiger partial charge in [-0.3, -0.25) is 4.79 Å². The van der Waals surface area contributed by atoms with Gasteiger partial charge >= 0.3 is 5.97 Å². The first kappa shape index (κ1) is 13.3. The highest BCUT2D eigenvalue weighted by atomic mass is 32.2. The largest absolute Gasteiger partial charge is 0.477 e. The van der Waals surface area contributed by atoms with Crippen molar-refractivity contribution in [1.82, 2.24) is 15.3 Å². The Hall–Kier alpha value is -1.76. The van der Waals surface area contributed by atoms with Crippen LogP contribution in [-0.2, 0) is 0 Å². The number of carbonyl (C=O) groups excluding carboxylic acids is 1. The molecule has 0 spiro atoms. The van der Waals surface area contributed by atoms with Gasteiger partial charge in [0.2, 0.25) is 0 Å². The number of aromatic nitrogens is 2. The third-order valence-corrected chi connectivity index (χ3v) is 2.80. The lowest BCUT2D eigenvalue weighted by Gasteiger charge is -2.02. The van der Waals surface area contributed by atoms with Gasteiger partial charge in [0, 0.05) is 18.1 Å². The molecule has 0 radical (unpaired) electrons. The summed E-state index contributed by atoms with van der Waals surface area (Å²) in [5, 5.41) is 11.4. The molecule has 0 unspecified atom stereocenters. The molecule has 92 valence electrons. The second-order valence-corrected chi connectivity index (χ2v) is 4.20. The van der Waals surface area contributed by atoms with Gasteiger partial charge in [0.05, 0.1) is 6.33 Å². The first-order chi connectivity index (χ1) is 8.16. The fraction of sp³-hybridized carbons (Fsp3) is 0.300. The number of nitrogens with one attached hydrogen (secondary N) is 2. The fourth-order valence-electron chi connectivity index (χ4n) is 1.12. The molecule has 17 heavy (non-hydrogen) atoms. The number of nitrogens with zero attached hydrogens (tertiary/aromatic N) is 1. The van der Waals surface area contributed by atoms with E-state index < -0.39 is 11.9 Å². The molecule has 1 aromatic rings. The van der Waals surface area contributed by atoms with Crippen LogP contribution in [0.2, 0.25) is 0 Å². The normalized spacial score (nSPS) is 9.88. The molecule has 0 fully saturated rings. The van der Waals surface area contributed by atoms with Gasteiger partial charge in [-0.15, -0.1) is 6.58 Å². The molecule has 0 aliphatic heterocycles. The summed E-state index contributed by atoms with van der Waals surface area (Å²) in [7, 11) is 0. The third-order valence-electron chi connectivity index (χ3n) is 1.84. The van der Waals surface area contributed by atoms with Crippen molar-refractivity contribution in [2.45, 2.75) is 0 Å². The molecule has 0 bridgehead atoms. The highest BCUT2D eigenvalue weighted by Crippen LogP contribution is 2.03. The van der Waals surface area contributed by atoms with E-state index in [0.29, 0.717) is 6.54 Å². The van der Waals surface area contributed by atoms with Crippen molar-refractivity contribution in [3.05, 3.63) is 30.4 Å². The van der Waals surface area contributed by atoms with E-state index in [1.54, 1.807) is 17.8 Å². The maximum atomic E-state index is 11.6. The molecule has 1 amide bonds. The van der Waals surface area contributed by atoms with E-state index in [4.69, 9.17) is 5.11 Å². The summed E-state index contributed by atoms with van der Waals surface area (Å²) in [5.74, 6) is -0.125. The van der Waals surface area contributed by atoms with Crippen molar-refractivity contribution in [2.24, 2.45) is 0 Å². The number of carboxylic acids is 1. The van der Waals surface area contributed by atoms with Gasteiger partial charge in [-0.1, -0.05) is 6.08 Å². The molecular formula is C10H13N3O3S. The van der Waals surface area contributed by atoms with E-state index in [1.165, 1.54) is 6.33 Å². The summed E-state index contributed by atoms with van der Waals surface area (Å²) in [6.45, 7) is 4.04. The lowest BCUT2D eigenvalue weighted by molar-refractivity contribution is 0.0685. The van der Waals surface area contributed by atoms with Crippen molar-refractivity contribution in [3.8, 4) is 0 Å². The Kier molecular flexibility index (Phi) is 5.28. The number of aromatic amines is 1. The van der Waals surface area contributed by atoms with Crippen LogP contribution in [0, 0.1) is 0 Å². The number of carboxylic acid groups (broad SMARTS) is 1. The fourth-order valence-corrected chi connectivity index (χ4v) is 1.70. The molecule has 0 aliphatic rings. The summed E-state index contributed by atoms with van der Waals surface area (Å²) in [6.07, 6.45) is 2.97. The van der Waals surface area contributed by atoms with Crippen molar-refractivity contribution in [1.29, 1.82) is 0 Å². The van der Waals surface area contributed by atoms with Crippen LogP contribution in [0.3, 0.4) is 0 Å². The zero-order chi connectivity index (χ0) is 12.7. The lowest BCUT2D eigenvalue weighted by Crippen LogP contribution is -2.27. The standard InChI is InChI=1S/C10H13N3O3S/c1-2-4-17-5-3-11-9(14)7-8(10(15)16)13-6-12-7/h2,6H,1,3-5H2,(H,11,14)(H,12,13)(H,15,16). The number of aromatic carboxylic acids is 1. The number of hydrogen-bond donors (Lipinski definition) is 3. The molecule has 7 heteroatoms. The van der Waals surface area contributed by atoms with Gasteiger partial charge in [-0.05, 0) is 0 Å². The summed E-state index contributed by atoms with van der Waals surface area (Å²) in [5.41, 5.74) is -0.285. The Bertz CT molecular complexity index is 417. The number of amides is 1. The quantitative estimate of drug-likeness (QED) is 0.494. The van der Waals surface area contributed by atoms with Crippen molar-refractivity contribution >= 4 is 23.6 Å². The first-order valence-corrected chi connectivity index (χ1v) is 6.05. The molecule has 1 rings (SSSR count). The molecule has 0 saturated heterocycles. The third kappa shape index (κ3) is 3.95. The molecule has 1 aromatic heterocycles. The Labute approximate surface area is 103 Å². The zero-order valence-electron chi connectivity index (χ0n) is 9.10. The molecule has 0 aliphatic carbocycles. The van der Waals surface area contributed by atoms with Crippen LogP contribution in [0.15, 0.2) is 19.0 Å². The van der Waals surface area contributed by atoms with Crippen LogP contribution < -0.4 is 5.32 Å². The lowest BCUT2D eigenvalue weighted by atomic mass is 10.3. The summed E-state index contributed by atoms with van der Waals surface area (Å²) in [6, 6.07) is 0. The van der Waals surface area contributed by atoms with Crippen LogP contribution in [0.1, 0.15) is 21.0 Å². The van der Waals surface area contributed by atoms with Crippen LogP contribution >= 0.6 is 11.8 Å². The smallest absolute Gasteiger partial charge is 0.354 e. The number of imidazole rings is 1. The minimum atomic E-state index is -1.20. The van der Waals surface area contributed by atoms with Crippen LogP contribution in [-0.4, -0.2) is 45.0 Å². The van der Waals surface area contributed by atoms with E-state index in [0.717, 1.165) is 11.5 Å². The number of carbonyl (C=O) groups is 2. The molecule has 6 nitrogen and oxygen atoms in total. The maximum absolute atomic E-state index is 11.6. The maximum Gasteiger partial charge on any atom is 0.354 e. The Balaban J connectivity index is 2.44. The first-order valence-electron chi connectivity index (χ1n) is 4.90. The van der Waals surface area contributed by atoms with Crippen LogP contribution in [0.4, 0.5) is 0 Å². The molecule has 0 aromatic carbocycles.